The van der Waals surface area contributed by atoms with Crippen LogP contribution in [0.3, 0.4) is 0 Å². The molecular formula is C24H31BrN2O3. The van der Waals surface area contributed by atoms with Gasteiger partial charge in [0.1, 0.15) is 11.8 Å². The minimum Gasteiger partial charge on any atom is -0.494 e. The summed E-state index contributed by atoms with van der Waals surface area (Å²) in [6, 6.07) is 15.1. The van der Waals surface area contributed by atoms with Crippen LogP contribution in [-0.4, -0.2) is 35.9 Å². The van der Waals surface area contributed by atoms with Gasteiger partial charge in [0.25, 0.3) is 0 Å². The second-order valence-corrected chi connectivity index (χ2v) is 8.30. The number of benzene rings is 2. The van der Waals surface area contributed by atoms with Crippen LogP contribution in [0.2, 0.25) is 0 Å². The Morgan fingerprint density at radius 2 is 1.90 bits per heavy atom. The molecule has 2 aromatic rings. The first-order valence-electron chi connectivity index (χ1n) is 10.4. The Bertz CT molecular complexity index is 823. The first-order chi connectivity index (χ1) is 14.4. The average Bonchev–Trinajstić information content (AvgIpc) is 2.74. The monoisotopic (exact) mass is 474 g/mol. The number of hydrogen-bond acceptors (Lipinski definition) is 3. The summed E-state index contributed by atoms with van der Waals surface area (Å²) in [5.41, 5.74) is 2.15. The molecule has 1 N–H and O–H groups in total. The van der Waals surface area contributed by atoms with Crippen LogP contribution < -0.4 is 10.1 Å². The van der Waals surface area contributed by atoms with Gasteiger partial charge in [-0.1, -0.05) is 52.7 Å². The SMILES string of the molecule is CCCNC(=O)C(C)N(Cc1cccc(Br)c1)C(=O)CCCOc1ccc(C)cc1. The zero-order valence-corrected chi connectivity index (χ0v) is 19.6. The normalized spacial score (nSPS) is 11.6. The molecule has 162 valence electrons. The van der Waals surface area contributed by atoms with E-state index in [0.29, 0.717) is 32.5 Å². The van der Waals surface area contributed by atoms with Gasteiger partial charge in [-0.15, -0.1) is 0 Å². The summed E-state index contributed by atoms with van der Waals surface area (Å²) >= 11 is 3.47. The van der Waals surface area contributed by atoms with Crippen LogP contribution in [0.1, 0.15) is 44.2 Å². The number of nitrogens with one attached hydrogen (secondary N) is 1. The quantitative estimate of drug-likeness (QED) is 0.473. The third-order valence-corrected chi connectivity index (χ3v) is 5.28. The summed E-state index contributed by atoms with van der Waals surface area (Å²) in [5.74, 6) is 0.615. The van der Waals surface area contributed by atoms with Crippen molar-refractivity contribution in [2.75, 3.05) is 13.2 Å². The molecule has 0 radical (unpaired) electrons. The highest BCUT2D eigenvalue weighted by molar-refractivity contribution is 9.10. The van der Waals surface area contributed by atoms with Crippen molar-refractivity contribution < 1.29 is 14.3 Å². The minimum absolute atomic E-state index is 0.0540. The lowest BCUT2D eigenvalue weighted by molar-refractivity contribution is -0.140. The van der Waals surface area contributed by atoms with Crippen molar-refractivity contribution >= 4 is 27.7 Å². The van der Waals surface area contributed by atoms with Crippen molar-refractivity contribution in [3.63, 3.8) is 0 Å². The molecule has 0 aliphatic heterocycles. The molecule has 0 heterocycles. The number of amides is 2. The highest BCUT2D eigenvalue weighted by Gasteiger charge is 2.25. The number of ether oxygens (including phenoxy) is 1. The Kier molecular flexibility index (Phi) is 9.87. The van der Waals surface area contributed by atoms with Crippen LogP contribution in [0.15, 0.2) is 53.0 Å². The number of rotatable bonds is 11. The van der Waals surface area contributed by atoms with Gasteiger partial charge in [0.05, 0.1) is 6.61 Å². The fourth-order valence-electron chi connectivity index (χ4n) is 3.00. The molecule has 2 rings (SSSR count). The molecule has 6 heteroatoms. The molecule has 5 nitrogen and oxygen atoms in total. The van der Waals surface area contributed by atoms with E-state index in [-0.39, 0.29) is 11.8 Å². The minimum atomic E-state index is -0.541. The summed E-state index contributed by atoms with van der Waals surface area (Å²) < 4.78 is 6.68. The lowest BCUT2D eigenvalue weighted by atomic mass is 10.1. The second-order valence-electron chi connectivity index (χ2n) is 7.38. The molecule has 0 aromatic heterocycles. The average molecular weight is 475 g/mol. The number of carbonyl (C=O) groups excluding carboxylic acids is 2. The maximum absolute atomic E-state index is 13.0. The number of halogens is 1. The van der Waals surface area contributed by atoms with E-state index in [0.717, 1.165) is 22.2 Å². The van der Waals surface area contributed by atoms with Crippen molar-refractivity contribution in [1.82, 2.24) is 10.2 Å². The van der Waals surface area contributed by atoms with E-state index < -0.39 is 6.04 Å². The number of aryl methyl sites for hydroxylation is 1. The van der Waals surface area contributed by atoms with Crippen molar-refractivity contribution in [1.29, 1.82) is 0 Å². The summed E-state index contributed by atoms with van der Waals surface area (Å²) in [5, 5.41) is 2.89. The highest BCUT2D eigenvalue weighted by atomic mass is 79.9. The predicted octanol–water partition coefficient (Wildman–Crippen LogP) is 4.86. The highest BCUT2D eigenvalue weighted by Crippen LogP contribution is 2.17. The van der Waals surface area contributed by atoms with E-state index in [2.05, 4.69) is 21.2 Å². The van der Waals surface area contributed by atoms with Crippen LogP contribution in [0.25, 0.3) is 0 Å². The third kappa shape index (κ3) is 7.82. The van der Waals surface area contributed by atoms with E-state index >= 15 is 0 Å². The van der Waals surface area contributed by atoms with Crippen molar-refractivity contribution in [2.45, 2.75) is 52.6 Å². The van der Waals surface area contributed by atoms with E-state index in [4.69, 9.17) is 4.74 Å². The topological polar surface area (TPSA) is 58.6 Å². The lowest BCUT2D eigenvalue weighted by Gasteiger charge is -2.29. The van der Waals surface area contributed by atoms with Gasteiger partial charge in [0.2, 0.25) is 11.8 Å². The Labute approximate surface area is 187 Å². The molecule has 0 spiro atoms. The van der Waals surface area contributed by atoms with Crippen molar-refractivity contribution in [2.24, 2.45) is 0 Å². The van der Waals surface area contributed by atoms with Crippen LogP contribution in [0.5, 0.6) is 5.75 Å². The lowest BCUT2D eigenvalue weighted by Crippen LogP contribution is -2.47. The molecule has 2 amide bonds. The van der Waals surface area contributed by atoms with Gasteiger partial charge in [0.15, 0.2) is 0 Å². The van der Waals surface area contributed by atoms with Gasteiger partial charge in [-0.2, -0.15) is 0 Å². The fourth-order valence-corrected chi connectivity index (χ4v) is 3.45. The smallest absolute Gasteiger partial charge is 0.242 e. The molecule has 1 atom stereocenters. The van der Waals surface area contributed by atoms with E-state index in [1.807, 2.05) is 62.4 Å². The van der Waals surface area contributed by atoms with E-state index in [1.54, 1.807) is 11.8 Å². The molecule has 0 bridgehead atoms. The van der Waals surface area contributed by atoms with Gasteiger partial charge in [-0.3, -0.25) is 9.59 Å². The maximum Gasteiger partial charge on any atom is 0.242 e. The van der Waals surface area contributed by atoms with E-state index in [9.17, 15) is 9.59 Å². The number of carbonyl (C=O) groups is 2. The van der Waals surface area contributed by atoms with Gasteiger partial charge >= 0.3 is 0 Å². The molecule has 30 heavy (non-hydrogen) atoms. The van der Waals surface area contributed by atoms with E-state index in [1.165, 1.54) is 5.56 Å². The first-order valence-corrected chi connectivity index (χ1v) is 11.2. The predicted molar refractivity (Wildman–Crippen MR) is 123 cm³/mol. The van der Waals surface area contributed by atoms with Gasteiger partial charge in [-0.25, -0.2) is 0 Å². The zero-order valence-electron chi connectivity index (χ0n) is 18.0. The molecule has 1 unspecified atom stereocenters. The van der Waals surface area contributed by atoms with Crippen molar-refractivity contribution in [3.05, 3.63) is 64.1 Å². The summed E-state index contributed by atoms with van der Waals surface area (Å²) in [6.07, 6.45) is 1.77. The standard InChI is InChI=1S/C24H31BrN2O3/c1-4-14-26-24(29)19(3)27(17-20-7-5-8-21(25)16-20)23(28)9-6-15-30-22-12-10-18(2)11-13-22/h5,7-8,10-13,16,19H,4,6,9,14-15,17H2,1-3H3,(H,26,29). The molecule has 0 saturated heterocycles. The van der Waals surface area contributed by atoms with Crippen LogP contribution in [-0.2, 0) is 16.1 Å². The molecule has 0 aliphatic carbocycles. The van der Waals surface area contributed by atoms with Crippen LogP contribution >= 0.6 is 15.9 Å². The Morgan fingerprint density at radius 3 is 2.57 bits per heavy atom. The van der Waals surface area contributed by atoms with Crippen molar-refractivity contribution in [3.8, 4) is 5.75 Å². The van der Waals surface area contributed by atoms with Gasteiger partial charge in [-0.05, 0) is 56.5 Å². The fraction of sp³-hybridized carbons (Fsp3) is 0.417. The second kappa shape index (κ2) is 12.4. The molecule has 0 fully saturated rings. The Balaban J connectivity index is 1.97. The first kappa shape index (κ1) is 23.9. The zero-order chi connectivity index (χ0) is 21.9. The number of hydrogen-bond donors (Lipinski definition) is 1. The molecule has 0 saturated carbocycles. The summed E-state index contributed by atoms with van der Waals surface area (Å²) in [7, 11) is 0. The largest absolute Gasteiger partial charge is 0.494 e. The van der Waals surface area contributed by atoms with Gasteiger partial charge in [0, 0.05) is 24.0 Å². The van der Waals surface area contributed by atoms with Crippen LogP contribution in [0, 0.1) is 6.92 Å². The Hall–Kier alpha value is -2.34. The third-order valence-electron chi connectivity index (χ3n) is 4.78. The summed E-state index contributed by atoms with van der Waals surface area (Å²) in [6.45, 7) is 7.26. The maximum atomic E-state index is 13.0. The molecule has 0 aliphatic rings. The molecule has 2 aromatic carbocycles. The molecular weight excluding hydrogens is 444 g/mol. The van der Waals surface area contributed by atoms with Gasteiger partial charge < -0.3 is 15.0 Å². The Morgan fingerprint density at radius 1 is 1.17 bits per heavy atom. The van der Waals surface area contributed by atoms with Crippen LogP contribution in [0.4, 0.5) is 0 Å². The number of nitrogens with zero attached hydrogens (tertiary/aromatic N) is 1. The summed E-state index contributed by atoms with van der Waals surface area (Å²) in [4.78, 5) is 27.1.